The number of rotatable bonds is 13. The van der Waals surface area contributed by atoms with Gasteiger partial charge in [-0.25, -0.2) is 4.79 Å². The van der Waals surface area contributed by atoms with Gasteiger partial charge in [-0.2, -0.15) is 11.8 Å². The number of aliphatic hydroxyl groups excluding tert-OH is 1. The SMILES string of the molecule is CCC(C)(C)CCCNC(=O)NCCSCC(C)C(=O)NCC(N)O. The standard InChI is InChI=1S/C17H36N4O3S/c1-5-17(3,4)7-6-8-19-16(24)20-9-10-25-12-13(2)15(23)21-11-14(18)22/h13-14,22H,5-12,18H2,1-4H3,(H,21,23)(H2,19,20,24). The van der Waals surface area contributed by atoms with E-state index in [0.29, 0.717) is 24.3 Å². The van der Waals surface area contributed by atoms with Crippen LogP contribution in [0, 0.1) is 11.3 Å². The van der Waals surface area contributed by atoms with Crippen molar-refractivity contribution in [2.45, 2.75) is 53.2 Å². The minimum atomic E-state index is -1.03. The van der Waals surface area contributed by atoms with Crippen LogP contribution in [0.15, 0.2) is 0 Å². The number of urea groups is 1. The van der Waals surface area contributed by atoms with E-state index >= 15 is 0 Å². The Morgan fingerprint density at radius 3 is 2.44 bits per heavy atom. The number of hydrogen-bond donors (Lipinski definition) is 5. The smallest absolute Gasteiger partial charge is 0.314 e. The number of thioether (sulfide) groups is 1. The Kier molecular flexibility index (Phi) is 12.7. The number of carbonyl (C=O) groups is 2. The van der Waals surface area contributed by atoms with Crippen LogP contribution in [0.5, 0.6) is 0 Å². The molecule has 0 aliphatic carbocycles. The van der Waals surface area contributed by atoms with Crippen molar-refractivity contribution in [1.82, 2.24) is 16.0 Å². The molecule has 3 amide bonds. The van der Waals surface area contributed by atoms with Crippen LogP contribution in [0.2, 0.25) is 0 Å². The summed E-state index contributed by atoms with van der Waals surface area (Å²) in [5.41, 5.74) is 5.50. The fourth-order valence-corrected chi connectivity index (χ4v) is 2.88. The van der Waals surface area contributed by atoms with Crippen molar-refractivity contribution >= 4 is 23.7 Å². The third-order valence-corrected chi connectivity index (χ3v) is 5.33. The molecule has 0 rings (SSSR count). The fraction of sp³-hybridized carbons (Fsp3) is 0.882. The number of nitrogens with one attached hydrogen (secondary N) is 3. The molecule has 0 bridgehead atoms. The summed E-state index contributed by atoms with van der Waals surface area (Å²) in [5, 5.41) is 17.2. The highest BCUT2D eigenvalue weighted by Gasteiger charge is 2.14. The van der Waals surface area contributed by atoms with Crippen LogP contribution in [0.4, 0.5) is 4.79 Å². The summed E-state index contributed by atoms with van der Waals surface area (Å²) in [5.74, 6) is 1.10. The lowest BCUT2D eigenvalue weighted by Crippen LogP contribution is -2.40. The predicted octanol–water partition coefficient (Wildman–Crippen LogP) is 1.26. The van der Waals surface area contributed by atoms with Crippen molar-refractivity contribution < 1.29 is 14.7 Å². The highest BCUT2D eigenvalue weighted by molar-refractivity contribution is 7.99. The Morgan fingerprint density at radius 2 is 1.84 bits per heavy atom. The van der Waals surface area contributed by atoms with Gasteiger partial charge in [-0.1, -0.05) is 34.1 Å². The van der Waals surface area contributed by atoms with Gasteiger partial charge in [-0.05, 0) is 18.3 Å². The van der Waals surface area contributed by atoms with Crippen LogP contribution >= 0.6 is 11.8 Å². The maximum absolute atomic E-state index is 11.7. The fourth-order valence-electron chi connectivity index (χ4n) is 1.96. The summed E-state index contributed by atoms with van der Waals surface area (Å²) in [7, 11) is 0. The van der Waals surface area contributed by atoms with Crippen LogP contribution in [-0.4, -0.2) is 54.4 Å². The Hall–Kier alpha value is -0.990. The maximum Gasteiger partial charge on any atom is 0.314 e. The van der Waals surface area contributed by atoms with Gasteiger partial charge in [-0.15, -0.1) is 0 Å². The van der Waals surface area contributed by atoms with Gasteiger partial charge < -0.3 is 26.8 Å². The topological polar surface area (TPSA) is 116 Å². The first-order valence-corrected chi connectivity index (χ1v) is 10.1. The molecule has 0 saturated carbocycles. The van der Waals surface area contributed by atoms with Gasteiger partial charge >= 0.3 is 6.03 Å². The predicted molar refractivity (Wildman–Crippen MR) is 104 cm³/mol. The van der Waals surface area contributed by atoms with Crippen LogP contribution in [0.25, 0.3) is 0 Å². The van der Waals surface area contributed by atoms with E-state index in [9.17, 15) is 9.59 Å². The van der Waals surface area contributed by atoms with Gasteiger partial charge in [0, 0.05) is 30.5 Å². The van der Waals surface area contributed by atoms with Crippen molar-refractivity contribution in [3.05, 3.63) is 0 Å². The molecule has 8 heteroatoms. The summed E-state index contributed by atoms with van der Waals surface area (Å²) in [4.78, 5) is 23.3. The number of aliphatic hydroxyl groups is 1. The van der Waals surface area contributed by atoms with Crippen LogP contribution in [0.3, 0.4) is 0 Å². The summed E-state index contributed by atoms with van der Waals surface area (Å²) >= 11 is 1.60. The quantitative estimate of drug-likeness (QED) is 0.245. The molecule has 0 aliphatic rings. The van der Waals surface area contributed by atoms with Crippen LogP contribution in [-0.2, 0) is 4.79 Å². The molecule has 25 heavy (non-hydrogen) atoms. The molecule has 0 aromatic heterocycles. The third-order valence-electron chi connectivity index (χ3n) is 4.11. The largest absolute Gasteiger partial charge is 0.377 e. The summed E-state index contributed by atoms with van der Waals surface area (Å²) in [6, 6.07) is -0.141. The van der Waals surface area contributed by atoms with Crippen molar-refractivity contribution in [2.75, 3.05) is 31.1 Å². The third kappa shape index (κ3) is 13.9. The normalized spacial score (nSPS) is 13.8. The summed E-state index contributed by atoms with van der Waals surface area (Å²) in [6.07, 6.45) is 2.19. The molecule has 0 radical (unpaired) electrons. The highest BCUT2D eigenvalue weighted by Crippen LogP contribution is 2.25. The molecule has 0 fully saturated rings. The van der Waals surface area contributed by atoms with Gasteiger partial charge in [0.25, 0.3) is 0 Å². The average Bonchev–Trinajstić information content (AvgIpc) is 2.56. The zero-order valence-electron chi connectivity index (χ0n) is 16.1. The first kappa shape index (κ1) is 24.0. The lowest BCUT2D eigenvalue weighted by molar-refractivity contribution is -0.124. The minimum Gasteiger partial charge on any atom is -0.377 e. The van der Waals surface area contributed by atoms with Crippen molar-refractivity contribution in [3.63, 3.8) is 0 Å². The molecule has 0 aromatic rings. The number of carbonyl (C=O) groups excluding carboxylic acids is 2. The zero-order chi connectivity index (χ0) is 19.3. The van der Waals surface area contributed by atoms with Crippen molar-refractivity contribution in [3.8, 4) is 0 Å². The molecule has 0 heterocycles. The number of amides is 3. The second-order valence-corrected chi connectivity index (χ2v) is 8.24. The van der Waals surface area contributed by atoms with E-state index in [4.69, 9.17) is 10.8 Å². The Balaban J connectivity index is 3.61. The molecule has 0 aromatic carbocycles. The van der Waals surface area contributed by atoms with E-state index in [-0.39, 0.29) is 24.4 Å². The Labute approximate surface area is 156 Å². The van der Waals surface area contributed by atoms with E-state index in [0.717, 1.165) is 25.0 Å². The minimum absolute atomic E-state index is 0.0605. The van der Waals surface area contributed by atoms with Crippen molar-refractivity contribution in [1.29, 1.82) is 0 Å². The molecular weight excluding hydrogens is 340 g/mol. The van der Waals surface area contributed by atoms with Crippen LogP contribution in [0.1, 0.15) is 47.0 Å². The van der Waals surface area contributed by atoms with E-state index in [1.807, 2.05) is 6.92 Å². The lowest BCUT2D eigenvalue weighted by atomic mass is 9.85. The van der Waals surface area contributed by atoms with E-state index in [1.54, 1.807) is 11.8 Å². The second kappa shape index (κ2) is 13.2. The maximum atomic E-state index is 11.7. The van der Waals surface area contributed by atoms with E-state index < -0.39 is 6.23 Å². The van der Waals surface area contributed by atoms with Gasteiger partial charge in [0.15, 0.2) is 0 Å². The molecule has 148 valence electrons. The lowest BCUT2D eigenvalue weighted by Gasteiger charge is -2.22. The molecule has 7 nitrogen and oxygen atoms in total. The van der Waals surface area contributed by atoms with Crippen LogP contribution < -0.4 is 21.7 Å². The Morgan fingerprint density at radius 1 is 1.20 bits per heavy atom. The van der Waals surface area contributed by atoms with Gasteiger partial charge in [0.05, 0.1) is 6.54 Å². The molecule has 0 aliphatic heterocycles. The molecular formula is C17H36N4O3S. The first-order chi connectivity index (χ1) is 11.7. The molecule has 2 unspecified atom stereocenters. The first-order valence-electron chi connectivity index (χ1n) is 8.98. The second-order valence-electron chi connectivity index (χ2n) is 7.09. The molecule has 0 spiro atoms. The monoisotopic (exact) mass is 376 g/mol. The summed E-state index contributed by atoms with van der Waals surface area (Å²) in [6.45, 7) is 9.80. The van der Waals surface area contributed by atoms with E-state index in [1.165, 1.54) is 0 Å². The highest BCUT2D eigenvalue weighted by atomic mass is 32.2. The van der Waals surface area contributed by atoms with Gasteiger partial charge in [0.2, 0.25) is 5.91 Å². The van der Waals surface area contributed by atoms with Crippen molar-refractivity contribution in [2.24, 2.45) is 17.1 Å². The summed E-state index contributed by atoms with van der Waals surface area (Å²) < 4.78 is 0. The van der Waals surface area contributed by atoms with Gasteiger partial charge in [0.1, 0.15) is 6.23 Å². The van der Waals surface area contributed by atoms with E-state index in [2.05, 4.69) is 36.7 Å². The Bertz CT molecular complexity index is 392. The number of hydrogen-bond acceptors (Lipinski definition) is 5. The van der Waals surface area contributed by atoms with Gasteiger partial charge in [-0.3, -0.25) is 4.79 Å². The average molecular weight is 377 g/mol. The molecule has 0 saturated heterocycles. The molecule has 6 N–H and O–H groups in total. The number of nitrogens with two attached hydrogens (primary N) is 1. The molecule has 2 atom stereocenters. The zero-order valence-corrected chi connectivity index (χ0v) is 16.9.